The smallest absolute Gasteiger partial charge is 0.416 e. The van der Waals surface area contributed by atoms with Gasteiger partial charge in [0, 0.05) is 19.2 Å². The monoisotopic (exact) mass is 1180 g/mol. The second-order valence-corrected chi connectivity index (χ2v) is 22.4. The van der Waals surface area contributed by atoms with E-state index in [2.05, 4.69) is 57.3 Å². The number of amides is 1. The Kier molecular flexibility index (Phi) is 32.0. The Morgan fingerprint density at radius 3 is 2.00 bits per heavy atom. The van der Waals surface area contributed by atoms with Crippen LogP contribution in [0.25, 0.3) is 0 Å². The number of aliphatic carboxylic acids is 2. The zero-order valence-electron chi connectivity index (χ0n) is 43.4. The minimum Gasteiger partial charge on any atom is -0.778 e. The molecule has 1 aromatic heterocycles. The van der Waals surface area contributed by atoms with Gasteiger partial charge >= 0.3 is 24.1 Å². The first-order chi connectivity index (χ1) is 34.6. The third-order valence-corrected chi connectivity index (χ3v) is 10.1. The lowest BCUT2D eigenvalue weighted by molar-refractivity contribution is -0.193. The first-order valence-corrected chi connectivity index (χ1v) is 28.1. The Labute approximate surface area is 458 Å². The highest BCUT2D eigenvalue weighted by Crippen LogP contribution is 2.37. The molecule has 420 valence electrons. The van der Waals surface area contributed by atoms with Gasteiger partial charge in [-0.05, 0) is 125 Å². The van der Waals surface area contributed by atoms with E-state index in [4.69, 9.17) is 75.7 Å². The number of aryl methyl sites for hydroxylation is 2. The summed E-state index contributed by atoms with van der Waals surface area (Å²) in [7, 11) is -2.07. The van der Waals surface area contributed by atoms with E-state index >= 15 is 0 Å². The molecule has 19 nitrogen and oxygen atoms in total. The predicted molar refractivity (Wildman–Crippen MR) is 288 cm³/mol. The minimum absolute atomic E-state index is 0.0223. The number of rotatable bonds is 18. The van der Waals surface area contributed by atoms with Crippen LogP contribution in [-0.2, 0) is 51.9 Å². The Balaban J connectivity index is 0.00000100. The molecule has 28 heteroatoms. The molecule has 0 fully saturated rings. The number of carboxylic acids is 2. The van der Waals surface area contributed by atoms with Gasteiger partial charge < -0.3 is 54.3 Å². The number of hydrogen-bond acceptors (Lipinski definition) is 15. The minimum atomic E-state index is -4.56. The summed E-state index contributed by atoms with van der Waals surface area (Å²) < 4.78 is 63.2. The van der Waals surface area contributed by atoms with Crippen molar-refractivity contribution < 1.29 is 71.1 Å². The van der Waals surface area contributed by atoms with Crippen LogP contribution in [0, 0.1) is 6.92 Å². The van der Waals surface area contributed by atoms with Crippen LogP contribution >= 0.6 is 54.0 Å². The van der Waals surface area contributed by atoms with Crippen molar-refractivity contribution in [2.24, 2.45) is 0 Å². The van der Waals surface area contributed by atoms with Crippen molar-refractivity contribution in [1.29, 1.82) is 0 Å². The highest BCUT2D eigenvalue weighted by Gasteiger charge is 2.31. The summed E-state index contributed by atoms with van der Waals surface area (Å²) in [5.74, 6) is -2.69. The Morgan fingerprint density at radius 2 is 1.52 bits per heavy atom. The molecular weight excluding hydrogens is 1120 g/mol. The number of methoxy groups -OCH3 is 1. The van der Waals surface area contributed by atoms with Crippen molar-refractivity contribution in [3.63, 3.8) is 0 Å². The summed E-state index contributed by atoms with van der Waals surface area (Å²) in [5.41, 5.74) is 1.99. The van der Waals surface area contributed by atoms with Crippen LogP contribution in [0.1, 0.15) is 75.5 Å². The molecule has 3 atom stereocenters. The number of halogens is 7. The van der Waals surface area contributed by atoms with E-state index in [0.29, 0.717) is 35.5 Å². The Morgan fingerprint density at radius 1 is 0.920 bits per heavy atom. The van der Waals surface area contributed by atoms with Gasteiger partial charge in [-0.2, -0.15) is 28.1 Å². The van der Waals surface area contributed by atoms with E-state index in [9.17, 15) is 41.8 Å². The largest absolute Gasteiger partial charge is 0.778 e. The molecular formula is C47H65Cl4F3N7O12PS. The highest BCUT2D eigenvalue weighted by molar-refractivity contribution is 7.94. The molecule has 4 rings (SSSR count). The summed E-state index contributed by atoms with van der Waals surface area (Å²) in [6, 6.07) is 12.4. The summed E-state index contributed by atoms with van der Waals surface area (Å²) in [4.78, 5) is 76.6. The van der Waals surface area contributed by atoms with E-state index < -0.39 is 56.2 Å². The first kappa shape index (κ1) is 70.3. The Bertz CT molecular complexity index is 2510. The lowest BCUT2D eigenvalue weighted by Gasteiger charge is -2.31. The molecule has 0 aliphatic rings. The van der Waals surface area contributed by atoms with Crippen LogP contribution < -0.4 is 30.5 Å². The summed E-state index contributed by atoms with van der Waals surface area (Å²) in [5, 5.41) is 24.7. The number of esters is 1. The lowest BCUT2D eigenvalue weighted by atomic mass is 10.0. The number of benzene rings is 3. The van der Waals surface area contributed by atoms with Crippen LogP contribution in [0.2, 0.25) is 15.3 Å². The van der Waals surface area contributed by atoms with Crippen LogP contribution in [-0.4, -0.2) is 129 Å². The number of aromatic nitrogens is 3. The fraction of sp³-hybridized carbons (Fsp3) is 0.468. The van der Waals surface area contributed by atoms with Crippen LogP contribution in [0.4, 0.5) is 30.8 Å². The number of nitrogens with zero attached hydrogens (tertiary/aromatic N) is 4. The average Bonchev–Trinajstić information content (AvgIpc) is 3.27. The summed E-state index contributed by atoms with van der Waals surface area (Å²) in [6.45, 7) is 16.0. The molecule has 0 aliphatic carbocycles. The summed E-state index contributed by atoms with van der Waals surface area (Å²) >= 11 is 23.2. The number of carboxylic acid groups (broad SMARTS) is 2. The predicted octanol–water partition coefficient (Wildman–Crippen LogP) is 9.42. The number of para-hydroxylation sites is 1. The van der Waals surface area contributed by atoms with Gasteiger partial charge in [0.05, 0.1) is 71.1 Å². The highest BCUT2D eigenvalue weighted by atomic mass is 35.5. The van der Waals surface area contributed by atoms with Crippen molar-refractivity contribution in [2.75, 3.05) is 73.3 Å². The van der Waals surface area contributed by atoms with E-state index in [1.165, 1.54) is 12.1 Å². The lowest BCUT2D eigenvalue weighted by Crippen LogP contribution is -2.43. The van der Waals surface area contributed by atoms with Crippen LogP contribution in [0.5, 0.6) is 11.5 Å². The molecule has 2 unspecified atom stereocenters. The van der Waals surface area contributed by atoms with Crippen molar-refractivity contribution in [3.05, 3.63) is 92.2 Å². The molecule has 0 spiro atoms. The number of ether oxygens (including phenoxy) is 3. The van der Waals surface area contributed by atoms with Crippen molar-refractivity contribution in [1.82, 2.24) is 20.3 Å². The maximum Gasteiger partial charge on any atom is 0.416 e. The van der Waals surface area contributed by atoms with Gasteiger partial charge in [0.1, 0.15) is 25.0 Å². The van der Waals surface area contributed by atoms with Gasteiger partial charge in [-0.25, -0.2) is 9.59 Å². The van der Waals surface area contributed by atoms with Crippen molar-refractivity contribution in [2.45, 2.75) is 85.7 Å². The van der Waals surface area contributed by atoms with Gasteiger partial charge in [0.25, 0.3) is 0 Å². The molecule has 0 bridgehead atoms. The van der Waals surface area contributed by atoms with E-state index in [1.54, 1.807) is 12.0 Å². The molecule has 1 heterocycles. The standard InChI is InChI=1S/C17H11Cl2F3O5.C15H22ClNO2.C9H16ClN5.C3H8NO5P.C3H9S/c1-8(15(23)24)26-16(25)11-7-10(3-4-12(11)18)27-14-5-2-9(6-13(14)19)17(20,21)22;1-5-13-8-6-7-11(2)15(13)17(14(18)9-16)12(3)10-19-4;1-5-11-7-12-6(10)13-8(14-7)15-9(2,3)4;5-3(6)1-4-2-10(7,8)9;1-4(2)3/h2-8H,1H3,(H,23,24);6-8,12H,5,9-10H2,1-4H3;5H2,1-4H3,(H2,11,12,13,14,15);4H,1-2H2,(H,5,6)(H2,7,8,9);1-3H3/q;;;;+1/p-1/t8-;;;;/m0..../s1. The SMILES string of the molecule is CCNc1nc(Cl)nc(NC(C)(C)C)n1.CCc1cccc(C)c1N(C(=O)CCl)C(C)COC.C[C@H](OC(=O)c1cc(Oc2ccc(C(F)(F)F)cc2Cl)ccc1Cl)C(=O)O.C[S+](C)C.O=C(O)CNCP(=O)([O-])O. The maximum atomic E-state index is 12.7. The molecule has 0 radical (unpaired) electrons. The second-order valence-electron chi connectivity index (χ2n) is 16.9. The molecule has 4 aromatic rings. The number of carbonyl (C=O) groups is 4. The first-order valence-electron chi connectivity index (χ1n) is 22.2. The molecule has 0 saturated heterocycles. The maximum absolute atomic E-state index is 12.7. The molecule has 75 heavy (non-hydrogen) atoms. The molecule has 0 aliphatic heterocycles. The van der Waals surface area contributed by atoms with Gasteiger partial charge in [0.15, 0.2) is 6.10 Å². The van der Waals surface area contributed by atoms with Crippen LogP contribution in [0.3, 0.4) is 0 Å². The number of anilines is 3. The molecule has 1 amide bonds. The fourth-order valence-electron chi connectivity index (χ4n) is 5.49. The normalized spacial score (nSPS) is 12.5. The zero-order valence-corrected chi connectivity index (χ0v) is 48.1. The number of nitrogens with one attached hydrogen (secondary N) is 3. The number of hydrogen-bond donors (Lipinski definition) is 6. The van der Waals surface area contributed by atoms with E-state index in [-0.39, 0.29) is 55.8 Å². The van der Waals surface area contributed by atoms with E-state index in [0.717, 1.165) is 54.9 Å². The van der Waals surface area contributed by atoms with Gasteiger partial charge in [-0.1, -0.05) is 48.3 Å². The van der Waals surface area contributed by atoms with E-state index in [1.807, 2.05) is 59.0 Å². The average molecular weight is 1180 g/mol. The van der Waals surface area contributed by atoms with Crippen LogP contribution in [0.15, 0.2) is 54.6 Å². The third-order valence-electron chi connectivity index (χ3n) is 8.47. The fourth-order valence-corrected chi connectivity index (χ4v) is 6.59. The van der Waals surface area contributed by atoms with Gasteiger partial charge in [-0.15, -0.1) is 11.6 Å². The topological polar surface area (TPSA) is 275 Å². The van der Waals surface area contributed by atoms with Crippen molar-refractivity contribution in [3.8, 4) is 11.5 Å². The Hall–Kier alpha value is -4.68. The molecule has 0 saturated carbocycles. The van der Waals surface area contributed by atoms with Gasteiger partial charge in [-0.3, -0.25) is 14.9 Å². The number of carbonyl (C=O) groups excluding carboxylic acids is 2. The molecule has 3 aromatic carbocycles. The number of alkyl halides is 4. The zero-order chi connectivity index (χ0) is 58.0. The quantitative estimate of drug-likeness (QED) is 0.0234. The van der Waals surface area contributed by atoms with Gasteiger partial charge in [0.2, 0.25) is 23.1 Å². The third kappa shape index (κ3) is 29.4. The second kappa shape index (κ2) is 34.2. The summed E-state index contributed by atoms with van der Waals surface area (Å²) in [6.07, 6.45) is 0.796. The molecule has 6 N–H and O–H groups in total. The van der Waals surface area contributed by atoms with Crippen molar-refractivity contribution >= 4 is 106 Å².